The first-order valence-corrected chi connectivity index (χ1v) is 10.6. The van der Waals surface area contributed by atoms with E-state index in [4.69, 9.17) is 0 Å². The predicted molar refractivity (Wildman–Crippen MR) is 116 cm³/mol. The van der Waals surface area contributed by atoms with Crippen LogP contribution in [0, 0.1) is 0 Å². The summed E-state index contributed by atoms with van der Waals surface area (Å²) in [6.45, 7) is 0.652. The van der Waals surface area contributed by atoms with Crippen LogP contribution in [0.25, 0.3) is 5.69 Å². The number of rotatable bonds is 5. The monoisotopic (exact) mass is 417 g/mol. The Bertz CT molecular complexity index is 1110. The van der Waals surface area contributed by atoms with Crippen LogP contribution in [-0.2, 0) is 11.3 Å². The van der Waals surface area contributed by atoms with E-state index in [1.807, 2.05) is 35.1 Å². The van der Waals surface area contributed by atoms with Crippen LogP contribution in [0.4, 0.5) is 4.39 Å². The van der Waals surface area contributed by atoms with Crippen molar-refractivity contribution in [2.24, 2.45) is 0 Å². The van der Waals surface area contributed by atoms with Gasteiger partial charge in [0.05, 0.1) is 18.8 Å². The number of nitrogens with zero attached hydrogens (tertiary/aromatic N) is 3. The Morgan fingerprint density at radius 3 is 2.71 bits per heavy atom. The molecule has 0 saturated heterocycles. The minimum atomic E-state index is -0.860. The van der Waals surface area contributed by atoms with E-state index < -0.39 is 12.1 Å². The zero-order valence-corrected chi connectivity index (χ0v) is 17.1. The number of alkyl halides is 1. The summed E-state index contributed by atoms with van der Waals surface area (Å²) in [5, 5.41) is 9.48. The fourth-order valence-corrected chi connectivity index (χ4v) is 4.91. The molecule has 1 fully saturated rings. The SMILES string of the molecule is O=C(O)CC1=C2C(=C3CC(F)CCC3N2Cc2ccc(-n3ccnc3)cc2)C=CC=C1. The topological polar surface area (TPSA) is 58.4 Å². The maximum absolute atomic E-state index is 14.3. The molecule has 2 unspecified atom stereocenters. The first-order valence-electron chi connectivity index (χ1n) is 10.6. The van der Waals surface area contributed by atoms with E-state index in [9.17, 15) is 14.3 Å². The van der Waals surface area contributed by atoms with Crippen LogP contribution in [0.2, 0.25) is 0 Å². The van der Waals surface area contributed by atoms with Crippen LogP contribution in [0.1, 0.15) is 31.2 Å². The highest BCUT2D eigenvalue weighted by Gasteiger charge is 2.40. The van der Waals surface area contributed by atoms with Gasteiger partial charge in [0.15, 0.2) is 0 Å². The number of hydrogen-bond donors (Lipinski definition) is 1. The van der Waals surface area contributed by atoms with Crippen molar-refractivity contribution < 1.29 is 14.3 Å². The zero-order valence-electron chi connectivity index (χ0n) is 17.1. The quantitative estimate of drug-likeness (QED) is 0.764. The molecule has 1 saturated carbocycles. The molecule has 158 valence electrons. The Morgan fingerprint density at radius 2 is 1.97 bits per heavy atom. The van der Waals surface area contributed by atoms with Crippen molar-refractivity contribution in [2.45, 2.75) is 44.4 Å². The molecule has 1 aliphatic heterocycles. The van der Waals surface area contributed by atoms with E-state index in [0.29, 0.717) is 19.4 Å². The Morgan fingerprint density at radius 1 is 1.16 bits per heavy atom. The molecule has 2 atom stereocenters. The molecule has 5 rings (SSSR count). The molecule has 31 heavy (non-hydrogen) atoms. The number of allylic oxidation sites excluding steroid dienone is 4. The van der Waals surface area contributed by atoms with Gasteiger partial charge in [-0.25, -0.2) is 9.37 Å². The van der Waals surface area contributed by atoms with Gasteiger partial charge in [-0.2, -0.15) is 0 Å². The van der Waals surface area contributed by atoms with E-state index in [2.05, 4.69) is 34.1 Å². The Kier molecular flexibility index (Phi) is 5.06. The van der Waals surface area contributed by atoms with Crippen molar-refractivity contribution in [3.05, 3.63) is 95.3 Å². The van der Waals surface area contributed by atoms with Crippen LogP contribution >= 0.6 is 0 Å². The molecule has 1 aromatic heterocycles. The Hall–Kier alpha value is -3.41. The molecule has 0 spiro atoms. The number of aliphatic carboxylic acids is 1. The Balaban J connectivity index is 1.52. The van der Waals surface area contributed by atoms with Crippen molar-refractivity contribution in [1.82, 2.24) is 14.5 Å². The summed E-state index contributed by atoms with van der Waals surface area (Å²) < 4.78 is 16.3. The highest BCUT2D eigenvalue weighted by atomic mass is 19.1. The molecular formula is C25H24FN3O2. The van der Waals surface area contributed by atoms with Gasteiger partial charge in [0, 0.05) is 36.7 Å². The van der Waals surface area contributed by atoms with Crippen molar-refractivity contribution >= 4 is 5.97 Å². The summed E-state index contributed by atoms with van der Waals surface area (Å²) in [7, 11) is 0. The predicted octanol–water partition coefficient (Wildman–Crippen LogP) is 4.73. The van der Waals surface area contributed by atoms with Gasteiger partial charge >= 0.3 is 5.97 Å². The van der Waals surface area contributed by atoms with Crippen molar-refractivity contribution in [1.29, 1.82) is 0 Å². The molecular weight excluding hydrogens is 393 g/mol. The number of carboxylic acid groups (broad SMARTS) is 1. The van der Waals surface area contributed by atoms with Gasteiger partial charge in [0.25, 0.3) is 0 Å². The number of aromatic nitrogens is 2. The summed E-state index contributed by atoms with van der Waals surface area (Å²) in [4.78, 5) is 17.9. The average Bonchev–Trinajstić information content (AvgIpc) is 3.33. The second-order valence-corrected chi connectivity index (χ2v) is 8.26. The standard InChI is InChI=1S/C25H24FN3O2/c26-19-7-10-23-22(14-19)21-4-2-1-3-18(13-24(30)31)25(21)29(23)15-17-5-8-20(9-6-17)28-12-11-27-16-28/h1-6,8-9,11-12,16,19,23H,7,10,13-15H2,(H,30,31). The summed E-state index contributed by atoms with van der Waals surface area (Å²) in [5.74, 6) is -0.860. The van der Waals surface area contributed by atoms with Crippen LogP contribution in [0.15, 0.2) is 89.7 Å². The van der Waals surface area contributed by atoms with E-state index in [-0.39, 0.29) is 12.5 Å². The summed E-state index contributed by atoms with van der Waals surface area (Å²) >= 11 is 0. The van der Waals surface area contributed by atoms with Crippen LogP contribution < -0.4 is 0 Å². The Labute approximate surface area is 180 Å². The second-order valence-electron chi connectivity index (χ2n) is 8.26. The highest BCUT2D eigenvalue weighted by Crippen LogP contribution is 2.46. The maximum atomic E-state index is 14.3. The van der Waals surface area contributed by atoms with E-state index >= 15 is 0 Å². The number of hydrogen-bond acceptors (Lipinski definition) is 3. The van der Waals surface area contributed by atoms with E-state index in [1.165, 1.54) is 0 Å². The fraction of sp³-hybridized carbons (Fsp3) is 0.280. The number of fused-ring (bicyclic) bond motifs is 2. The van der Waals surface area contributed by atoms with Crippen LogP contribution in [-0.4, -0.2) is 37.7 Å². The smallest absolute Gasteiger partial charge is 0.307 e. The van der Waals surface area contributed by atoms with Crippen molar-refractivity contribution in [2.75, 3.05) is 0 Å². The summed E-state index contributed by atoms with van der Waals surface area (Å²) in [6.07, 6.45) is 13.9. The van der Waals surface area contributed by atoms with E-state index in [1.54, 1.807) is 12.5 Å². The number of halogens is 1. The van der Waals surface area contributed by atoms with Crippen LogP contribution in [0.3, 0.4) is 0 Å². The third kappa shape index (κ3) is 3.74. The van der Waals surface area contributed by atoms with Gasteiger partial charge < -0.3 is 14.6 Å². The molecule has 0 radical (unpaired) electrons. The van der Waals surface area contributed by atoms with Gasteiger partial charge in [0.1, 0.15) is 6.17 Å². The van der Waals surface area contributed by atoms with Crippen molar-refractivity contribution in [3.63, 3.8) is 0 Å². The molecule has 0 bridgehead atoms. The molecule has 1 N–H and O–H groups in total. The molecule has 5 nitrogen and oxygen atoms in total. The second kappa shape index (κ2) is 8.02. The summed E-state index contributed by atoms with van der Waals surface area (Å²) in [5.41, 5.74) is 5.99. The highest BCUT2D eigenvalue weighted by molar-refractivity contribution is 5.73. The first kappa shape index (κ1) is 19.5. The zero-order chi connectivity index (χ0) is 21.4. The van der Waals surface area contributed by atoms with E-state index in [0.717, 1.165) is 40.1 Å². The summed E-state index contributed by atoms with van der Waals surface area (Å²) in [6, 6.07) is 8.41. The maximum Gasteiger partial charge on any atom is 0.307 e. The number of carboxylic acids is 1. The number of imidazole rings is 1. The largest absolute Gasteiger partial charge is 0.481 e. The average molecular weight is 417 g/mol. The fourth-order valence-electron chi connectivity index (χ4n) is 4.91. The normalized spacial score (nSPS) is 22.5. The lowest BCUT2D eigenvalue weighted by molar-refractivity contribution is -0.136. The lowest BCUT2D eigenvalue weighted by Gasteiger charge is -2.34. The van der Waals surface area contributed by atoms with Gasteiger partial charge in [-0.15, -0.1) is 0 Å². The van der Waals surface area contributed by atoms with Gasteiger partial charge in [0.2, 0.25) is 0 Å². The molecule has 2 aliphatic carbocycles. The third-order valence-corrected chi connectivity index (χ3v) is 6.27. The van der Waals surface area contributed by atoms with Gasteiger partial charge in [-0.05, 0) is 47.3 Å². The molecule has 1 aromatic carbocycles. The van der Waals surface area contributed by atoms with Crippen molar-refractivity contribution in [3.8, 4) is 5.69 Å². The molecule has 0 amide bonds. The van der Waals surface area contributed by atoms with Gasteiger partial charge in [-0.1, -0.05) is 36.4 Å². The molecule has 6 heteroatoms. The molecule has 2 heterocycles. The lowest BCUT2D eigenvalue weighted by Crippen LogP contribution is -2.34. The lowest BCUT2D eigenvalue weighted by atomic mass is 9.87. The molecule has 2 aromatic rings. The third-order valence-electron chi connectivity index (χ3n) is 6.27. The number of carbonyl (C=O) groups is 1. The minimum absolute atomic E-state index is 0.0495. The van der Waals surface area contributed by atoms with Crippen LogP contribution in [0.5, 0.6) is 0 Å². The first-order chi connectivity index (χ1) is 15.1. The molecule has 3 aliphatic rings. The number of benzene rings is 1. The minimum Gasteiger partial charge on any atom is -0.481 e. The van der Waals surface area contributed by atoms with Gasteiger partial charge in [-0.3, -0.25) is 4.79 Å².